The third kappa shape index (κ3) is 3.19. The molecular weight excluding hydrogens is 214 g/mol. The second-order valence-electron chi connectivity index (χ2n) is 5.44. The summed E-state index contributed by atoms with van der Waals surface area (Å²) in [5.41, 5.74) is 5.58. The number of hydrogen-bond acceptors (Lipinski definition) is 3. The molecule has 1 saturated heterocycles. The van der Waals surface area contributed by atoms with Gasteiger partial charge in [-0.05, 0) is 51.6 Å². The summed E-state index contributed by atoms with van der Waals surface area (Å²) in [4.78, 5) is 2.59. The molecule has 2 fully saturated rings. The number of methoxy groups -OCH3 is 1. The predicted molar refractivity (Wildman–Crippen MR) is 69.3 cm³/mol. The third-order valence-corrected chi connectivity index (χ3v) is 4.42. The van der Waals surface area contributed by atoms with E-state index in [2.05, 4.69) is 4.90 Å². The van der Waals surface area contributed by atoms with Gasteiger partial charge in [0.25, 0.3) is 0 Å². The molecule has 3 N–H and O–H groups in total. The van der Waals surface area contributed by atoms with Crippen LogP contribution in [0.2, 0.25) is 0 Å². The predicted octanol–water partition coefficient (Wildman–Crippen LogP) is 1.59. The number of likely N-dealkylation sites (tertiary alicyclic amines) is 1. The summed E-state index contributed by atoms with van der Waals surface area (Å²) in [6.45, 7) is 2.21. The lowest BCUT2D eigenvalue weighted by molar-refractivity contribution is 0.0204. The summed E-state index contributed by atoms with van der Waals surface area (Å²) >= 11 is 0. The first-order chi connectivity index (χ1) is 8.20. The van der Waals surface area contributed by atoms with Gasteiger partial charge in [-0.2, -0.15) is 0 Å². The van der Waals surface area contributed by atoms with Crippen molar-refractivity contribution in [2.75, 3.05) is 20.2 Å². The zero-order valence-electron chi connectivity index (χ0n) is 10.8. The van der Waals surface area contributed by atoms with E-state index >= 15 is 0 Å². The summed E-state index contributed by atoms with van der Waals surface area (Å²) < 4.78 is 5.49. The Labute approximate surface area is 104 Å². The number of rotatable bonds is 3. The van der Waals surface area contributed by atoms with E-state index < -0.39 is 0 Å². The molecule has 98 valence electrons. The average molecular weight is 239 g/mol. The third-order valence-electron chi connectivity index (χ3n) is 4.42. The molecular formula is C13H25N3O. The minimum Gasteiger partial charge on any atom is -0.387 e. The van der Waals surface area contributed by atoms with Gasteiger partial charge in [0.1, 0.15) is 0 Å². The second-order valence-corrected chi connectivity index (χ2v) is 5.44. The Bertz CT molecular complexity index is 261. The Hall–Kier alpha value is -0.610. The fourth-order valence-corrected chi connectivity index (χ4v) is 3.24. The van der Waals surface area contributed by atoms with Crippen molar-refractivity contribution in [1.82, 2.24) is 4.90 Å². The molecule has 2 unspecified atom stereocenters. The van der Waals surface area contributed by atoms with E-state index in [4.69, 9.17) is 15.9 Å². The van der Waals surface area contributed by atoms with Crippen LogP contribution in [0.4, 0.5) is 0 Å². The van der Waals surface area contributed by atoms with Crippen LogP contribution in [0.3, 0.4) is 0 Å². The first kappa shape index (κ1) is 12.8. The van der Waals surface area contributed by atoms with Gasteiger partial charge in [-0.15, -0.1) is 0 Å². The fourth-order valence-electron chi connectivity index (χ4n) is 3.24. The number of hydrogen-bond donors (Lipinski definition) is 2. The number of nitrogens with one attached hydrogen (secondary N) is 1. The Kier molecular flexibility index (Phi) is 4.40. The highest BCUT2D eigenvalue weighted by molar-refractivity contribution is 5.79. The molecule has 2 aliphatic rings. The van der Waals surface area contributed by atoms with Crippen LogP contribution in [0, 0.1) is 11.3 Å². The first-order valence-electron chi connectivity index (χ1n) is 6.81. The highest BCUT2D eigenvalue weighted by Crippen LogP contribution is 2.28. The zero-order chi connectivity index (χ0) is 12.3. The molecule has 0 aromatic carbocycles. The number of nitrogens with zero attached hydrogens (tertiary/aromatic N) is 1. The molecule has 2 atom stereocenters. The SMILES string of the molecule is COC1CCCC(N2CCC(C(=N)N)CC2)C1. The van der Waals surface area contributed by atoms with Crippen LogP contribution in [0.15, 0.2) is 0 Å². The molecule has 1 aliphatic carbocycles. The summed E-state index contributed by atoms with van der Waals surface area (Å²) in [6.07, 6.45) is 7.57. The minimum atomic E-state index is 0.327. The van der Waals surface area contributed by atoms with Crippen LogP contribution in [0.25, 0.3) is 0 Å². The molecule has 1 saturated carbocycles. The van der Waals surface area contributed by atoms with Gasteiger partial charge in [0.2, 0.25) is 0 Å². The van der Waals surface area contributed by atoms with Crippen LogP contribution in [0.5, 0.6) is 0 Å². The number of amidine groups is 1. The normalized spacial score (nSPS) is 32.5. The summed E-state index contributed by atoms with van der Waals surface area (Å²) in [6, 6.07) is 0.696. The molecule has 1 heterocycles. The molecule has 0 spiro atoms. The van der Waals surface area contributed by atoms with Crippen molar-refractivity contribution in [2.45, 2.75) is 50.7 Å². The van der Waals surface area contributed by atoms with Crippen LogP contribution in [0.1, 0.15) is 38.5 Å². The highest BCUT2D eigenvalue weighted by atomic mass is 16.5. The van der Waals surface area contributed by atoms with Crippen molar-refractivity contribution >= 4 is 5.84 Å². The number of nitrogens with two attached hydrogens (primary N) is 1. The molecule has 4 nitrogen and oxygen atoms in total. The van der Waals surface area contributed by atoms with Gasteiger partial charge in [0.15, 0.2) is 0 Å². The topological polar surface area (TPSA) is 62.3 Å². The van der Waals surface area contributed by atoms with Crippen LogP contribution >= 0.6 is 0 Å². The quantitative estimate of drug-likeness (QED) is 0.581. The Morgan fingerprint density at radius 1 is 1.24 bits per heavy atom. The minimum absolute atomic E-state index is 0.327. The van der Waals surface area contributed by atoms with Crippen LogP contribution in [-0.2, 0) is 4.74 Å². The molecule has 0 bridgehead atoms. The average Bonchev–Trinajstić information content (AvgIpc) is 2.39. The van der Waals surface area contributed by atoms with E-state index in [9.17, 15) is 0 Å². The maximum absolute atomic E-state index is 7.50. The van der Waals surface area contributed by atoms with Crippen molar-refractivity contribution in [1.29, 1.82) is 5.41 Å². The van der Waals surface area contributed by atoms with Crippen LogP contribution in [-0.4, -0.2) is 43.1 Å². The van der Waals surface area contributed by atoms with E-state index in [0.29, 0.717) is 23.9 Å². The number of ether oxygens (including phenoxy) is 1. The van der Waals surface area contributed by atoms with Gasteiger partial charge in [0, 0.05) is 19.1 Å². The molecule has 4 heteroatoms. The Morgan fingerprint density at radius 3 is 2.53 bits per heavy atom. The molecule has 0 amide bonds. The van der Waals surface area contributed by atoms with Gasteiger partial charge in [-0.3, -0.25) is 5.41 Å². The highest BCUT2D eigenvalue weighted by Gasteiger charge is 2.30. The largest absolute Gasteiger partial charge is 0.387 e. The summed E-state index contributed by atoms with van der Waals surface area (Å²) in [5.74, 6) is 0.705. The maximum atomic E-state index is 7.50. The lowest BCUT2D eigenvalue weighted by atomic mass is 9.88. The lowest BCUT2D eigenvalue weighted by Gasteiger charge is -2.40. The van der Waals surface area contributed by atoms with Gasteiger partial charge >= 0.3 is 0 Å². The van der Waals surface area contributed by atoms with E-state index in [1.807, 2.05) is 7.11 Å². The van der Waals surface area contributed by atoms with Gasteiger partial charge in [0.05, 0.1) is 11.9 Å². The van der Waals surface area contributed by atoms with E-state index in [1.54, 1.807) is 0 Å². The van der Waals surface area contributed by atoms with Gasteiger partial charge in [-0.1, -0.05) is 0 Å². The van der Waals surface area contributed by atoms with Crippen molar-refractivity contribution in [3.8, 4) is 0 Å². The van der Waals surface area contributed by atoms with E-state index in [-0.39, 0.29) is 0 Å². The van der Waals surface area contributed by atoms with E-state index in [1.165, 1.54) is 25.7 Å². The van der Waals surface area contributed by atoms with E-state index in [0.717, 1.165) is 25.9 Å². The zero-order valence-corrected chi connectivity index (χ0v) is 10.8. The monoisotopic (exact) mass is 239 g/mol. The van der Waals surface area contributed by atoms with Crippen molar-refractivity contribution in [3.05, 3.63) is 0 Å². The van der Waals surface area contributed by atoms with Gasteiger partial charge in [-0.25, -0.2) is 0 Å². The van der Waals surface area contributed by atoms with Crippen molar-refractivity contribution in [3.63, 3.8) is 0 Å². The van der Waals surface area contributed by atoms with Crippen molar-refractivity contribution in [2.24, 2.45) is 11.7 Å². The van der Waals surface area contributed by atoms with Gasteiger partial charge < -0.3 is 15.4 Å². The molecule has 0 aromatic rings. The summed E-state index contributed by atoms with van der Waals surface area (Å²) in [5, 5.41) is 7.50. The summed E-state index contributed by atoms with van der Waals surface area (Å²) in [7, 11) is 1.83. The smallest absolute Gasteiger partial charge is 0.0937 e. The Morgan fingerprint density at radius 2 is 1.94 bits per heavy atom. The molecule has 17 heavy (non-hydrogen) atoms. The molecule has 0 radical (unpaired) electrons. The second kappa shape index (κ2) is 5.83. The molecule has 0 aromatic heterocycles. The lowest BCUT2D eigenvalue weighted by Crippen LogP contribution is -2.46. The maximum Gasteiger partial charge on any atom is 0.0937 e. The molecule has 2 rings (SSSR count). The Balaban J connectivity index is 1.81. The fraction of sp³-hybridized carbons (Fsp3) is 0.923. The number of piperidine rings is 1. The molecule has 1 aliphatic heterocycles. The van der Waals surface area contributed by atoms with Crippen LogP contribution < -0.4 is 5.73 Å². The van der Waals surface area contributed by atoms with Crippen molar-refractivity contribution < 1.29 is 4.74 Å². The first-order valence-corrected chi connectivity index (χ1v) is 6.81. The standard InChI is InChI=1S/C13H25N3O/c1-17-12-4-2-3-11(9-12)16-7-5-10(6-8-16)13(14)15/h10-12H,2-9H2,1H3,(H3,14,15).